The molecule has 0 fully saturated rings. The zero-order valence-electron chi connectivity index (χ0n) is 11.6. The molecule has 0 bridgehead atoms. The Balaban J connectivity index is 2.11. The minimum Gasteiger partial charge on any atom is -0.354 e. The Bertz CT molecular complexity index is 512. The molecule has 2 aromatic heterocycles. The first-order chi connectivity index (χ1) is 9.19. The van der Waals surface area contributed by atoms with Crippen molar-refractivity contribution < 1.29 is 0 Å². The van der Waals surface area contributed by atoms with Crippen molar-refractivity contribution in [2.45, 2.75) is 26.8 Å². The van der Waals surface area contributed by atoms with E-state index in [0.717, 1.165) is 36.7 Å². The Kier molecular flexibility index (Phi) is 4.68. The third kappa shape index (κ3) is 3.89. The summed E-state index contributed by atoms with van der Waals surface area (Å²) < 4.78 is 0. The first-order valence-electron chi connectivity index (χ1n) is 6.36. The van der Waals surface area contributed by atoms with Crippen LogP contribution in [-0.4, -0.2) is 28.5 Å². The van der Waals surface area contributed by atoms with E-state index in [2.05, 4.69) is 37.5 Å². The molecule has 1 N–H and O–H groups in total. The summed E-state index contributed by atoms with van der Waals surface area (Å²) in [5.74, 6) is 1.61. The minimum absolute atomic E-state index is 0.696. The fraction of sp³-hybridized carbons (Fsp3) is 0.462. The molecule has 0 amide bonds. The second-order valence-corrected chi connectivity index (χ2v) is 5.17. The SMILES string of the molecule is CCCNc1nc(C)cc(N(C)Cc2cscn2)n1. The summed E-state index contributed by atoms with van der Waals surface area (Å²) in [6, 6.07) is 1.99. The van der Waals surface area contributed by atoms with Crippen LogP contribution in [0.5, 0.6) is 0 Å². The summed E-state index contributed by atoms with van der Waals surface area (Å²) in [4.78, 5) is 15.3. The molecule has 2 heterocycles. The maximum Gasteiger partial charge on any atom is 0.224 e. The van der Waals surface area contributed by atoms with Crippen LogP contribution in [0.4, 0.5) is 11.8 Å². The van der Waals surface area contributed by atoms with Crippen LogP contribution in [0.15, 0.2) is 17.0 Å². The van der Waals surface area contributed by atoms with Gasteiger partial charge in [-0.3, -0.25) is 0 Å². The molecule has 0 aliphatic rings. The molecule has 0 atom stereocenters. The molecular formula is C13H19N5S. The molecule has 5 nitrogen and oxygen atoms in total. The Morgan fingerprint density at radius 2 is 2.21 bits per heavy atom. The fourth-order valence-corrected chi connectivity index (χ4v) is 2.25. The minimum atomic E-state index is 0.696. The van der Waals surface area contributed by atoms with Gasteiger partial charge in [-0.05, 0) is 13.3 Å². The molecule has 6 heteroatoms. The summed E-state index contributed by atoms with van der Waals surface area (Å²) in [6.07, 6.45) is 1.06. The Hall–Kier alpha value is -1.69. The van der Waals surface area contributed by atoms with Gasteiger partial charge in [0.1, 0.15) is 5.82 Å². The summed E-state index contributed by atoms with van der Waals surface area (Å²) in [5.41, 5.74) is 3.88. The Labute approximate surface area is 117 Å². The van der Waals surface area contributed by atoms with Gasteiger partial charge in [-0.1, -0.05) is 6.92 Å². The van der Waals surface area contributed by atoms with E-state index in [0.29, 0.717) is 5.95 Å². The van der Waals surface area contributed by atoms with Crippen LogP contribution in [0.1, 0.15) is 24.7 Å². The molecule has 0 unspecified atom stereocenters. The van der Waals surface area contributed by atoms with Gasteiger partial charge in [-0.2, -0.15) is 4.98 Å². The lowest BCUT2D eigenvalue weighted by molar-refractivity contribution is 0.861. The van der Waals surface area contributed by atoms with Crippen LogP contribution in [0.3, 0.4) is 0 Å². The van der Waals surface area contributed by atoms with E-state index in [-0.39, 0.29) is 0 Å². The smallest absolute Gasteiger partial charge is 0.224 e. The molecule has 2 rings (SSSR count). The van der Waals surface area contributed by atoms with Crippen molar-refractivity contribution in [3.05, 3.63) is 28.3 Å². The average molecular weight is 277 g/mol. The van der Waals surface area contributed by atoms with E-state index >= 15 is 0 Å². The van der Waals surface area contributed by atoms with Gasteiger partial charge in [0.2, 0.25) is 5.95 Å². The number of hydrogen-bond acceptors (Lipinski definition) is 6. The number of aryl methyl sites for hydroxylation is 1. The summed E-state index contributed by atoms with van der Waals surface area (Å²) in [5, 5.41) is 5.28. The van der Waals surface area contributed by atoms with Crippen LogP contribution < -0.4 is 10.2 Å². The molecule has 102 valence electrons. The third-order valence-electron chi connectivity index (χ3n) is 2.65. The maximum absolute atomic E-state index is 4.53. The van der Waals surface area contributed by atoms with E-state index in [4.69, 9.17) is 0 Å². The van der Waals surface area contributed by atoms with Crippen molar-refractivity contribution in [3.8, 4) is 0 Å². The number of aromatic nitrogens is 3. The molecule has 0 saturated heterocycles. The van der Waals surface area contributed by atoms with E-state index in [1.54, 1.807) is 11.3 Å². The van der Waals surface area contributed by atoms with Crippen molar-refractivity contribution in [1.29, 1.82) is 0 Å². The fourth-order valence-electron chi connectivity index (χ4n) is 1.70. The number of nitrogens with one attached hydrogen (secondary N) is 1. The van der Waals surface area contributed by atoms with Gasteiger partial charge in [-0.25, -0.2) is 9.97 Å². The van der Waals surface area contributed by atoms with Crippen molar-refractivity contribution >= 4 is 23.1 Å². The molecule has 19 heavy (non-hydrogen) atoms. The molecule has 0 aromatic carbocycles. The van der Waals surface area contributed by atoms with E-state index in [1.165, 1.54) is 0 Å². The molecular weight excluding hydrogens is 258 g/mol. The first-order valence-corrected chi connectivity index (χ1v) is 7.31. The van der Waals surface area contributed by atoms with E-state index < -0.39 is 0 Å². The molecule has 0 saturated carbocycles. The number of anilines is 2. The highest BCUT2D eigenvalue weighted by atomic mass is 32.1. The van der Waals surface area contributed by atoms with E-state index in [1.807, 2.05) is 25.5 Å². The predicted molar refractivity (Wildman–Crippen MR) is 79.8 cm³/mol. The predicted octanol–water partition coefficient (Wildman–Crippen LogP) is 2.70. The van der Waals surface area contributed by atoms with Gasteiger partial charge in [0.15, 0.2) is 0 Å². The second-order valence-electron chi connectivity index (χ2n) is 4.45. The topological polar surface area (TPSA) is 53.9 Å². The zero-order valence-corrected chi connectivity index (χ0v) is 12.4. The third-order valence-corrected chi connectivity index (χ3v) is 3.28. The number of hydrogen-bond donors (Lipinski definition) is 1. The van der Waals surface area contributed by atoms with Crippen LogP contribution in [0, 0.1) is 6.92 Å². The Morgan fingerprint density at radius 3 is 2.89 bits per heavy atom. The standard InChI is InChI=1S/C13H19N5S/c1-4-5-14-13-16-10(2)6-12(17-13)18(3)7-11-8-19-9-15-11/h6,8-9H,4-5,7H2,1-3H3,(H,14,16,17). The lowest BCUT2D eigenvalue weighted by atomic mass is 10.3. The highest BCUT2D eigenvalue weighted by Crippen LogP contribution is 2.16. The number of thiazole rings is 1. The van der Waals surface area contributed by atoms with E-state index in [9.17, 15) is 0 Å². The summed E-state index contributed by atoms with van der Waals surface area (Å²) in [6.45, 7) is 5.75. The van der Waals surface area contributed by atoms with Crippen LogP contribution in [0.2, 0.25) is 0 Å². The highest BCUT2D eigenvalue weighted by Gasteiger charge is 2.08. The zero-order chi connectivity index (χ0) is 13.7. The van der Waals surface area contributed by atoms with Gasteiger partial charge in [-0.15, -0.1) is 11.3 Å². The molecule has 0 aliphatic carbocycles. The van der Waals surface area contributed by atoms with Crippen molar-refractivity contribution in [3.63, 3.8) is 0 Å². The van der Waals surface area contributed by atoms with Crippen molar-refractivity contribution in [2.24, 2.45) is 0 Å². The molecule has 2 aromatic rings. The van der Waals surface area contributed by atoms with Crippen LogP contribution in [-0.2, 0) is 6.54 Å². The molecule has 0 spiro atoms. The lowest BCUT2D eigenvalue weighted by Gasteiger charge is -2.18. The van der Waals surface area contributed by atoms with Crippen LogP contribution in [0.25, 0.3) is 0 Å². The van der Waals surface area contributed by atoms with Gasteiger partial charge in [0, 0.05) is 30.7 Å². The van der Waals surface area contributed by atoms with Crippen molar-refractivity contribution in [2.75, 3.05) is 23.8 Å². The van der Waals surface area contributed by atoms with Gasteiger partial charge < -0.3 is 10.2 Å². The largest absolute Gasteiger partial charge is 0.354 e. The normalized spacial score (nSPS) is 10.5. The van der Waals surface area contributed by atoms with Gasteiger partial charge in [0.05, 0.1) is 17.7 Å². The van der Waals surface area contributed by atoms with Crippen LogP contribution >= 0.6 is 11.3 Å². The maximum atomic E-state index is 4.53. The number of nitrogens with zero attached hydrogens (tertiary/aromatic N) is 4. The summed E-state index contributed by atoms with van der Waals surface area (Å²) in [7, 11) is 2.02. The Morgan fingerprint density at radius 1 is 1.37 bits per heavy atom. The lowest BCUT2D eigenvalue weighted by Crippen LogP contribution is -2.19. The highest BCUT2D eigenvalue weighted by molar-refractivity contribution is 7.07. The summed E-state index contributed by atoms with van der Waals surface area (Å²) >= 11 is 1.61. The van der Waals surface area contributed by atoms with Gasteiger partial charge >= 0.3 is 0 Å². The first kappa shape index (κ1) is 13.7. The monoisotopic (exact) mass is 277 g/mol. The number of rotatable bonds is 6. The second kappa shape index (κ2) is 6.47. The van der Waals surface area contributed by atoms with Crippen molar-refractivity contribution in [1.82, 2.24) is 15.0 Å². The molecule has 0 radical (unpaired) electrons. The molecule has 0 aliphatic heterocycles. The average Bonchev–Trinajstić information content (AvgIpc) is 2.88. The quantitative estimate of drug-likeness (QED) is 0.880. The van der Waals surface area contributed by atoms with Gasteiger partial charge in [0.25, 0.3) is 0 Å².